The third-order valence-electron chi connectivity index (χ3n) is 2.25. The summed E-state index contributed by atoms with van der Waals surface area (Å²) in [6.45, 7) is 1.93. The average molecular weight is 190 g/mol. The predicted octanol–water partition coefficient (Wildman–Crippen LogP) is 1.11. The average Bonchev–Trinajstić information content (AvgIpc) is 2.27. The summed E-state index contributed by atoms with van der Waals surface area (Å²) in [6.07, 6.45) is 0.818. The summed E-state index contributed by atoms with van der Waals surface area (Å²) in [4.78, 5) is 0. The lowest BCUT2D eigenvalue weighted by molar-refractivity contribution is 0.267. The number of benzene rings is 1. The molecule has 1 aromatic rings. The monoisotopic (exact) mass is 190 g/mol. The SMILES string of the molecule is CCc1cc(C#N)ccc1[C@H](N)CO. The maximum absolute atomic E-state index is 8.94. The number of hydrogen-bond donors (Lipinski definition) is 2. The molecule has 74 valence electrons. The van der Waals surface area contributed by atoms with E-state index < -0.39 is 0 Å². The molecule has 0 aliphatic carbocycles. The van der Waals surface area contributed by atoms with Crippen molar-refractivity contribution < 1.29 is 5.11 Å². The summed E-state index contributed by atoms with van der Waals surface area (Å²) in [7, 11) is 0. The number of rotatable bonds is 3. The second-order valence-electron chi connectivity index (χ2n) is 3.17. The number of nitriles is 1. The number of aliphatic hydroxyl groups excluding tert-OH is 1. The Hall–Kier alpha value is -1.37. The number of nitrogens with two attached hydrogens (primary N) is 1. The largest absolute Gasteiger partial charge is 0.394 e. The van der Waals surface area contributed by atoms with Gasteiger partial charge in [0.05, 0.1) is 24.3 Å². The number of hydrogen-bond acceptors (Lipinski definition) is 3. The van der Waals surface area contributed by atoms with Crippen molar-refractivity contribution in [1.82, 2.24) is 0 Å². The lowest BCUT2D eigenvalue weighted by Gasteiger charge is -2.13. The molecule has 1 atom stereocenters. The van der Waals surface area contributed by atoms with Crippen LogP contribution in [0, 0.1) is 11.3 Å². The molecule has 14 heavy (non-hydrogen) atoms. The molecular formula is C11H14N2O. The molecule has 0 unspecified atom stereocenters. The van der Waals surface area contributed by atoms with Crippen molar-refractivity contribution in [3.8, 4) is 6.07 Å². The molecule has 0 fully saturated rings. The molecule has 3 N–H and O–H groups in total. The first kappa shape index (κ1) is 10.7. The van der Waals surface area contributed by atoms with E-state index in [1.807, 2.05) is 19.1 Å². The van der Waals surface area contributed by atoms with Crippen molar-refractivity contribution >= 4 is 0 Å². The molecule has 3 nitrogen and oxygen atoms in total. The lowest BCUT2D eigenvalue weighted by atomic mass is 9.97. The zero-order valence-corrected chi connectivity index (χ0v) is 8.20. The molecule has 0 aliphatic rings. The highest BCUT2D eigenvalue weighted by Crippen LogP contribution is 2.18. The van der Waals surface area contributed by atoms with Crippen molar-refractivity contribution in [3.05, 3.63) is 34.9 Å². The van der Waals surface area contributed by atoms with Crippen molar-refractivity contribution in [1.29, 1.82) is 5.26 Å². The summed E-state index contributed by atoms with van der Waals surface area (Å²) >= 11 is 0. The molecule has 0 saturated heterocycles. The van der Waals surface area contributed by atoms with Crippen LogP contribution in [0.25, 0.3) is 0 Å². The standard InChI is InChI=1S/C11H14N2O/c1-2-9-5-8(6-12)3-4-10(9)11(13)7-14/h3-5,11,14H,2,7,13H2,1H3/t11-/m1/s1. The maximum Gasteiger partial charge on any atom is 0.0991 e. The Labute approximate surface area is 83.8 Å². The predicted molar refractivity (Wildman–Crippen MR) is 54.5 cm³/mol. The van der Waals surface area contributed by atoms with E-state index >= 15 is 0 Å². The van der Waals surface area contributed by atoms with Gasteiger partial charge in [-0.1, -0.05) is 13.0 Å². The molecule has 1 aromatic carbocycles. The smallest absolute Gasteiger partial charge is 0.0991 e. The van der Waals surface area contributed by atoms with Crippen LogP contribution in [0.15, 0.2) is 18.2 Å². The van der Waals surface area contributed by atoms with Gasteiger partial charge in [0.15, 0.2) is 0 Å². The fraction of sp³-hybridized carbons (Fsp3) is 0.364. The minimum atomic E-state index is -0.349. The first-order valence-electron chi connectivity index (χ1n) is 4.62. The van der Waals surface area contributed by atoms with Crippen molar-refractivity contribution in [2.45, 2.75) is 19.4 Å². The zero-order valence-electron chi connectivity index (χ0n) is 8.20. The van der Waals surface area contributed by atoms with E-state index in [9.17, 15) is 0 Å². The van der Waals surface area contributed by atoms with Gasteiger partial charge >= 0.3 is 0 Å². The minimum Gasteiger partial charge on any atom is -0.394 e. The molecule has 0 bridgehead atoms. The van der Waals surface area contributed by atoms with Crippen LogP contribution in [-0.2, 0) is 6.42 Å². The Balaban J connectivity index is 3.13. The van der Waals surface area contributed by atoms with Crippen LogP contribution < -0.4 is 5.73 Å². The van der Waals surface area contributed by atoms with Crippen LogP contribution in [0.3, 0.4) is 0 Å². The summed E-state index contributed by atoms with van der Waals surface area (Å²) in [5, 5.41) is 17.7. The maximum atomic E-state index is 8.94. The summed E-state index contributed by atoms with van der Waals surface area (Å²) in [5.41, 5.74) is 8.32. The summed E-state index contributed by atoms with van der Waals surface area (Å²) in [6, 6.07) is 7.10. The molecule has 0 amide bonds. The fourth-order valence-electron chi connectivity index (χ4n) is 1.44. The third kappa shape index (κ3) is 2.11. The van der Waals surface area contributed by atoms with E-state index in [1.54, 1.807) is 6.07 Å². The van der Waals surface area contributed by atoms with Gasteiger partial charge in [0.25, 0.3) is 0 Å². The minimum absolute atomic E-state index is 0.0705. The molecule has 0 aromatic heterocycles. The van der Waals surface area contributed by atoms with Gasteiger partial charge in [-0.05, 0) is 29.7 Å². The van der Waals surface area contributed by atoms with Crippen LogP contribution in [-0.4, -0.2) is 11.7 Å². The van der Waals surface area contributed by atoms with Crippen LogP contribution in [0.4, 0.5) is 0 Å². The van der Waals surface area contributed by atoms with Crippen molar-refractivity contribution in [2.24, 2.45) is 5.73 Å². The van der Waals surface area contributed by atoms with E-state index in [-0.39, 0.29) is 12.6 Å². The van der Waals surface area contributed by atoms with Crippen molar-refractivity contribution in [3.63, 3.8) is 0 Å². The highest BCUT2D eigenvalue weighted by molar-refractivity contribution is 5.39. The summed E-state index contributed by atoms with van der Waals surface area (Å²) < 4.78 is 0. The van der Waals surface area contributed by atoms with E-state index in [2.05, 4.69) is 6.07 Å². The van der Waals surface area contributed by atoms with E-state index in [0.29, 0.717) is 5.56 Å². The molecule has 0 saturated carbocycles. The fourth-order valence-corrected chi connectivity index (χ4v) is 1.44. The van der Waals surface area contributed by atoms with E-state index in [0.717, 1.165) is 17.5 Å². The van der Waals surface area contributed by atoms with Crippen molar-refractivity contribution in [2.75, 3.05) is 6.61 Å². The Morgan fingerprint density at radius 3 is 2.79 bits per heavy atom. The first-order chi connectivity index (χ1) is 6.72. The second-order valence-corrected chi connectivity index (χ2v) is 3.17. The molecule has 1 rings (SSSR count). The van der Waals surface area contributed by atoms with Gasteiger partial charge in [0.2, 0.25) is 0 Å². The highest BCUT2D eigenvalue weighted by Gasteiger charge is 2.09. The number of nitrogens with zero attached hydrogens (tertiary/aromatic N) is 1. The number of aryl methyl sites for hydroxylation is 1. The third-order valence-corrected chi connectivity index (χ3v) is 2.25. The number of aliphatic hydroxyl groups is 1. The van der Waals surface area contributed by atoms with Crippen LogP contribution >= 0.6 is 0 Å². The normalized spacial score (nSPS) is 12.1. The molecule has 0 heterocycles. The molecule has 3 heteroatoms. The summed E-state index contributed by atoms with van der Waals surface area (Å²) in [5.74, 6) is 0. The van der Waals surface area contributed by atoms with Crippen LogP contribution in [0.2, 0.25) is 0 Å². The van der Waals surface area contributed by atoms with Gasteiger partial charge in [0.1, 0.15) is 0 Å². The Morgan fingerprint density at radius 2 is 2.29 bits per heavy atom. The van der Waals surface area contributed by atoms with Gasteiger partial charge in [-0.25, -0.2) is 0 Å². The highest BCUT2D eigenvalue weighted by atomic mass is 16.3. The topological polar surface area (TPSA) is 70.0 Å². The Morgan fingerprint density at radius 1 is 1.57 bits per heavy atom. The Bertz CT molecular complexity index is 355. The van der Waals surface area contributed by atoms with Gasteiger partial charge in [0, 0.05) is 0 Å². The van der Waals surface area contributed by atoms with Gasteiger partial charge in [-0.2, -0.15) is 5.26 Å². The van der Waals surface area contributed by atoms with Crippen LogP contribution in [0.1, 0.15) is 29.7 Å². The Kier molecular flexibility index (Phi) is 3.63. The molecular weight excluding hydrogens is 176 g/mol. The lowest BCUT2D eigenvalue weighted by Crippen LogP contribution is -2.16. The van der Waals surface area contributed by atoms with E-state index in [1.165, 1.54) is 0 Å². The second kappa shape index (κ2) is 4.75. The molecule has 0 spiro atoms. The van der Waals surface area contributed by atoms with Gasteiger partial charge in [-0.15, -0.1) is 0 Å². The molecule has 0 aliphatic heterocycles. The first-order valence-corrected chi connectivity index (χ1v) is 4.62. The quantitative estimate of drug-likeness (QED) is 0.750. The van der Waals surface area contributed by atoms with Gasteiger partial charge < -0.3 is 10.8 Å². The molecule has 0 radical (unpaired) electrons. The van der Waals surface area contributed by atoms with Gasteiger partial charge in [-0.3, -0.25) is 0 Å². The zero-order chi connectivity index (χ0) is 10.6. The van der Waals surface area contributed by atoms with Crippen LogP contribution in [0.5, 0.6) is 0 Å². The van der Waals surface area contributed by atoms with E-state index in [4.69, 9.17) is 16.1 Å².